The Labute approximate surface area is 350 Å². The van der Waals surface area contributed by atoms with Gasteiger partial charge in [-0.05, 0) is 113 Å². The van der Waals surface area contributed by atoms with E-state index < -0.39 is 30.0 Å². The molecular weight excluding hydrogens is 787 g/mol. The molecule has 2 aliphatic heterocycles. The lowest BCUT2D eigenvalue weighted by Gasteiger charge is -2.35. The first-order chi connectivity index (χ1) is 29.6. The summed E-state index contributed by atoms with van der Waals surface area (Å²) in [6, 6.07) is 8.33. The first-order valence-electron chi connectivity index (χ1n) is 21.2. The summed E-state index contributed by atoms with van der Waals surface area (Å²) in [4.78, 5) is 61.7. The van der Waals surface area contributed by atoms with Crippen molar-refractivity contribution in [3.8, 4) is 23.3 Å². The number of alkyl halides is 2. The number of aromatic nitrogens is 6. The Morgan fingerprint density at radius 3 is 2.52 bits per heavy atom. The highest BCUT2D eigenvalue weighted by Crippen LogP contribution is 2.36. The van der Waals surface area contributed by atoms with Gasteiger partial charge < -0.3 is 20.0 Å². The van der Waals surface area contributed by atoms with E-state index in [4.69, 9.17) is 4.42 Å². The molecule has 4 aliphatic rings. The summed E-state index contributed by atoms with van der Waals surface area (Å²) < 4.78 is 38.5. The highest BCUT2D eigenvalue weighted by Gasteiger charge is 2.32. The maximum atomic E-state index is 14.2. The summed E-state index contributed by atoms with van der Waals surface area (Å²) in [5, 5.41) is 12.5. The fraction of sp³-hybridized carbons (Fsp3) is 0.477. The molecule has 15 nitrogen and oxygen atoms in total. The molecule has 4 aromatic heterocycles. The van der Waals surface area contributed by atoms with Crippen molar-refractivity contribution in [1.82, 2.24) is 39.1 Å². The molecule has 3 N–H and O–H groups in total. The Morgan fingerprint density at radius 1 is 0.984 bits per heavy atom. The largest absolute Gasteiger partial charge is 0.444 e. The molecule has 318 valence electrons. The number of carbonyl (C=O) groups excluding carboxylic acids is 3. The van der Waals surface area contributed by atoms with Crippen molar-refractivity contribution >= 4 is 40.3 Å². The fourth-order valence-electron chi connectivity index (χ4n) is 8.85. The minimum atomic E-state index is -2.87. The smallest absolute Gasteiger partial charge is 0.329 e. The molecule has 2 saturated heterocycles. The van der Waals surface area contributed by atoms with Crippen LogP contribution in [0.25, 0.3) is 22.5 Å². The third-order valence-electron chi connectivity index (χ3n) is 12.6. The van der Waals surface area contributed by atoms with Gasteiger partial charge in [-0.1, -0.05) is 11.8 Å². The van der Waals surface area contributed by atoms with Crippen molar-refractivity contribution in [2.24, 2.45) is 24.8 Å². The van der Waals surface area contributed by atoms with Crippen LogP contribution in [-0.4, -0.2) is 77.7 Å². The van der Waals surface area contributed by atoms with Crippen molar-refractivity contribution in [3.63, 3.8) is 0 Å². The van der Waals surface area contributed by atoms with Crippen LogP contribution in [0, 0.1) is 29.6 Å². The molecule has 4 fully saturated rings. The zero-order valence-electron chi connectivity index (χ0n) is 33.9. The number of hydrogen-bond donors (Lipinski definition) is 3. The number of likely N-dealkylation sites (tertiary alicyclic amines) is 1. The highest BCUT2D eigenvalue weighted by molar-refractivity contribution is 6.03. The molecule has 1 atom stereocenters. The van der Waals surface area contributed by atoms with Crippen LogP contribution in [0.15, 0.2) is 58.2 Å². The molecular formula is C44H48F2N10O5. The van der Waals surface area contributed by atoms with Gasteiger partial charge in [0.05, 0.1) is 22.8 Å². The average Bonchev–Trinajstić information content (AvgIpc) is 3.68. The molecule has 61 heavy (non-hydrogen) atoms. The summed E-state index contributed by atoms with van der Waals surface area (Å²) in [6.45, 7) is 3.70. The van der Waals surface area contributed by atoms with Gasteiger partial charge in [0, 0.05) is 56.0 Å². The van der Waals surface area contributed by atoms with Crippen LogP contribution < -0.4 is 21.6 Å². The van der Waals surface area contributed by atoms with Gasteiger partial charge in [0.25, 0.3) is 12.3 Å². The minimum Gasteiger partial charge on any atom is -0.444 e. The van der Waals surface area contributed by atoms with Gasteiger partial charge in [0.1, 0.15) is 18.1 Å². The molecule has 5 aromatic rings. The Morgan fingerprint density at radius 2 is 1.77 bits per heavy atom. The third kappa shape index (κ3) is 8.86. The number of oxazole rings is 1. The van der Waals surface area contributed by atoms with Crippen LogP contribution in [0.2, 0.25) is 0 Å². The van der Waals surface area contributed by atoms with Crippen molar-refractivity contribution in [2.45, 2.75) is 82.7 Å². The molecule has 1 unspecified atom stereocenters. The van der Waals surface area contributed by atoms with Crippen LogP contribution in [0.4, 0.5) is 20.3 Å². The number of halogens is 2. The van der Waals surface area contributed by atoms with Gasteiger partial charge in [0.2, 0.25) is 17.7 Å². The van der Waals surface area contributed by atoms with Gasteiger partial charge in [-0.25, -0.2) is 23.5 Å². The maximum Gasteiger partial charge on any atom is 0.329 e. The standard InChI is InChI=1S/C44H48F2N10O5/c1-53-36-20-27(8-11-34(36)56(44(53)60)35-12-13-38(57)51-42(35)59)3-2-26-15-18-54(19-16-26)23-29-6-9-31(10-7-29)55-24-32(39(52-55)40(45)46)49-41(58)33-25-61-43(50-33)30-14-17-47-37(21-30)48-22-28-4-5-28/h8,11,14,17,20-21,24-26,28-29,31,35,40H,4-7,9-10,12-13,15-16,18-19,22-23H2,1H3,(H,47,48)(H,49,58)(H,51,57,59)/t29-,31-,35?. The first kappa shape index (κ1) is 40.3. The molecule has 3 amide bonds. The van der Waals surface area contributed by atoms with Gasteiger partial charge >= 0.3 is 5.69 Å². The predicted molar refractivity (Wildman–Crippen MR) is 222 cm³/mol. The van der Waals surface area contributed by atoms with E-state index >= 15 is 0 Å². The summed E-state index contributed by atoms with van der Waals surface area (Å²) >= 11 is 0. The topological polar surface area (TPSA) is 174 Å². The van der Waals surface area contributed by atoms with Crippen LogP contribution >= 0.6 is 0 Å². The third-order valence-corrected chi connectivity index (χ3v) is 12.6. The Bertz CT molecular complexity index is 2580. The second-order valence-corrected chi connectivity index (χ2v) is 16.9. The van der Waals surface area contributed by atoms with E-state index in [1.807, 2.05) is 18.2 Å². The lowest BCUT2D eigenvalue weighted by atomic mass is 9.85. The second-order valence-electron chi connectivity index (χ2n) is 16.9. The van der Waals surface area contributed by atoms with Crippen LogP contribution in [0.5, 0.6) is 0 Å². The fourth-order valence-corrected chi connectivity index (χ4v) is 8.85. The monoisotopic (exact) mass is 834 g/mol. The summed E-state index contributed by atoms with van der Waals surface area (Å²) in [7, 11) is 1.68. The molecule has 17 heteroatoms. The number of benzene rings is 1. The number of fused-ring (bicyclic) bond motifs is 1. The summed E-state index contributed by atoms with van der Waals surface area (Å²) in [5.41, 5.74) is 1.91. The lowest BCUT2D eigenvalue weighted by Crippen LogP contribution is -2.44. The highest BCUT2D eigenvalue weighted by atomic mass is 19.3. The number of nitrogens with one attached hydrogen (secondary N) is 3. The first-order valence-corrected chi connectivity index (χ1v) is 21.2. The second kappa shape index (κ2) is 17.1. The number of imide groups is 1. The summed E-state index contributed by atoms with van der Waals surface area (Å²) in [5.74, 6) is 7.63. The number of amides is 3. The number of pyridine rings is 1. The number of imidazole rings is 1. The van der Waals surface area contributed by atoms with E-state index in [1.54, 1.807) is 30.1 Å². The Hall–Kier alpha value is -6.15. The van der Waals surface area contributed by atoms with Crippen LogP contribution in [0.3, 0.4) is 0 Å². The number of aryl methyl sites for hydroxylation is 1. The van der Waals surface area contributed by atoms with Gasteiger partial charge in [-0.2, -0.15) is 5.10 Å². The van der Waals surface area contributed by atoms with Crippen molar-refractivity contribution in [2.75, 3.05) is 36.8 Å². The molecule has 2 aliphatic carbocycles. The molecule has 9 rings (SSSR count). The summed E-state index contributed by atoms with van der Waals surface area (Å²) in [6.07, 6.45) is 9.77. The predicted octanol–water partition coefficient (Wildman–Crippen LogP) is 6.07. The minimum absolute atomic E-state index is 0.0312. The lowest BCUT2D eigenvalue weighted by molar-refractivity contribution is -0.135. The van der Waals surface area contributed by atoms with Gasteiger partial charge in [0.15, 0.2) is 11.4 Å². The molecule has 6 heterocycles. The van der Waals surface area contributed by atoms with Crippen molar-refractivity contribution in [3.05, 3.63) is 76.4 Å². The number of piperidine rings is 2. The normalized spacial score (nSPS) is 21.3. The average molecular weight is 835 g/mol. The molecule has 1 aromatic carbocycles. The number of hydrogen-bond acceptors (Lipinski definition) is 10. The zero-order valence-corrected chi connectivity index (χ0v) is 33.9. The van der Waals surface area contributed by atoms with E-state index in [2.05, 4.69) is 47.8 Å². The van der Waals surface area contributed by atoms with E-state index in [0.29, 0.717) is 34.3 Å². The number of carbonyl (C=O) groups is 3. The quantitative estimate of drug-likeness (QED) is 0.105. The Kier molecular flexibility index (Phi) is 11.3. The van der Waals surface area contributed by atoms with E-state index in [-0.39, 0.29) is 53.7 Å². The van der Waals surface area contributed by atoms with E-state index in [1.165, 1.54) is 34.4 Å². The van der Waals surface area contributed by atoms with E-state index in [9.17, 15) is 28.0 Å². The molecule has 0 radical (unpaired) electrons. The number of anilines is 2. The zero-order chi connectivity index (χ0) is 42.2. The van der Waals surface area contributed by atoms with Crippen LogP contribution in [0.1, 0.15) is 104 Å². The van der Waals surface area contributed by atoms with Crippen molar-refractivity contribution in [1.29, 1.82) is 0 Å². The SMILES string of the molecule is Cn1c(=O)n(C2CCC(=O)NC2=O)c2ccc(C#CC3CCN(C[C@H]4CC[C@H](n5cc(NC(=O)c6coc(-c7ccnc(NCC8CC8)c7)n6)c(C(F)F)n5)CC4)CC3)cc21. The van der Waals surface area contributed by atoms with E-state index in [0.717, 1.165) is 70.3 Å². The number of rotatable bonds is 11. The maximum absolute atomic E-state index is 14.2. The van der Waals surface area contributed by atoms with Crippen LogP contribution in [-0.2, 0) is 16.6 Å². The van der Waals surface area contributed by atoms with Gasteiger partial charge in [-0.15, -0.1) is 0 Å². The number of nitrogens with zero attached hydrogens (tertiary/aromatic N) is 7. The molecule has 2 saturated carbocycles. The van der Waals surface area contributed by atoms with Gasteiger partial charge in [-0.3, -0.25) is 33.5 Å². The Balaban J connectivity index is 0.755. The molecule has 0 bridgehead atoms. The molecule has 0 spiro atoms. The van der Waals surface area contributed by atoms with Crippen molar-refractivity contribution < 1.29 is 27.6 Å².